The fourth-order valence-corrected chi connectivity index (χ4v) is 3.00. The van der Waals surface area contributed by atoms with Gasteiger partial charge in [-0.2, -0.15) is 0 Å². The van der Waals surface area contributed by atoms with E-state index in [0.29, 0.717) is 17.6 Å². The summed E-state index contributed by atoms with van der Waals surface area (Å²) in [4.78, 5) is 2.21. The molecule has 0 aromatic heterocycles. The van der Waals surface area contributed by atoms with Gasteiger partial charge in [0.1, 0.15) is 5.75 Å². The van der Waals surface area contributed by atoms with Crippen LogP contribution in [0.25, 0.3) is 0 Å². The van der Waals surface area contributed by atoms with Crippen molar-refractivity contribution in [2.45, 2.75) is 31.8 Å². The van der Waals surface area contributed by atoms with Gasteiger partial charge in [-0.15, -0.1) is 0 Å². The lowest BCUT2D eigenvalue weighted by molar-refractivity contribution is -0.0899. The molecule has 1 heterocycles. The predicted octanol–water partition coefficient (Wildman–Crippen LogP) is 2.85. The van der Waals surface area contributed by atoms with Gasteiger partial charge in [-0.1, -0.05) is 12.1 Å². The van der Waals surface area contributed by atoms with Crippen LogP contribution in [0.1, 0.15) is 31.7 Å². The van der Waals surface area contributed by atoms with Crippen molar-refractivity contribution in [1.29, 1.82) is 0 Å². The van der Waals surface area contributed by atoms with Crippen LogP contribution in [0.3, 0.4) is 0 Å². The fraction of sp³-hybridized carbons (Fsp3) is 0.625. The Hall–Kier alpha value is -1.06. The number of ether oxygens (including phenoxy) is 1. The van der Waals surface area contributed by atoms with Crippen molar-refractivity contribution in [3.63, 3.8) is 0 Å². The van der Waals surface area contributed by atoms with E-state index < -0.39 is 0 Å². The molecule has 1 N–H and O–H groups in total. The quantitative estimate of drug-likeness (QED) is 0.910. The van der Waals surface area contributed by atoms with Crippen molar-refractivity contribution in [2.75, 3.05) is 27.2 Å². The molecule has 1 aromatic rings. The third kappa shape index (κ3) is 3.71. The topological polar surface area (TPSA) is 32.7 Å². The zero-order valence-corrected chi connectivity index (χ0v) is 12.4. The first-order valence-corrected chi connectivity index (χ1v) is 6.95. The SMILES string of the molecule is CN(C)C[C@@H]1COC(C)(C)C[C@H]1c1cccc(O)c1. The van der Waals surface area contributed by atoms with Crippen LogP contribution in [0.15, 0.2) is 24.3 Å². The summed E-state index contributed by atoms with van der Waals surface area (Å²) in [5.41, 5.74) is 1.14. The van der Waals surface area contributed by atoms with Gasteiger partial charge in [0.05, 0.1) is 12.2 Å². The zero-order chi connectivity index (χ0) is 14.0. The van der Waals surface area contributed by atoms with Gasteiger partial charge < -0.3 is 14.7 Å². The van der Waals surface area contributed by atoms with Crippen LogP contribution in [-0.2, 0) is 4.74 Å². The normalized spacial score (nSPS) is 26.6. The van der Waals surface area contributed by atoms with Gasteiger partial charge >= 0.3 is 0 Å². The monoisotopic (exact) mass is 263 g/mol. The Morgan fingerprint density at radius 1 is 1.37 bits per heavy atom. The minimum absolute atomic E-state index is 0.0844. The molecule has 2 atom stereocenters. The van der Waals surface area contributed by atoms with E-state index in [0.717, 1.165) is 19.6 Å². The van der Waals surface area contributed by atoms with E-state index >= 15 is 0 Å². The maximum atomic E-state index is 9.70. The molecule has 0 bridgehead atoms. The summed E-state index contributed by atoms with van der Waals surface area (Å²) >= 11 is 0. The second-order valence-corrected chi connectivity index (χ2v) is 6.50. The van der Waals surface area contributed by atoms with E-state index in [1.54, 1.807) is 6.07 Å². The van der Waals surface area contributed by atoms with E-state index in [4.69, 9.17) is 4.74 Å². The molecular formula is C16H25NO2. The lowest BCUT2D eigenvalue weighted by Gasteiger charge is -2.42. The summed E-state index contributed by atoms with van der Waals surface area (Å²) in [7, 11) is 4.19. The number of aromatic hydroxyl groups is 1. The molecule has 1 aliphatic rings. The lowest BCUT2D eigenvalue weighted by atomic mass is 9.76. The minimum atomic E-state index is -0.0844. The Labute approximate surface area is 116 Å². The van der Waals surface area contributed by atoms with Crippen LogP contribution in [-0.4, -0.2) is 42.9 Å². The van der Waals surface area contributed by atoms with Gasteiger partial charge in [-0.05, 0) is 58.0 Å². The summed E-state index contributed by atoms with van der Waals surface area (Å²) in [6.07, 6.45) is 0.995. The van der Waals surface area contributed by atoms with Crippen molar-refractivity contribution in [2.24, 2.45) is 5.92 Å². The van der Waals surface area contributed by atoms with Crippen LogP contribution in [0, 0.1) is 5.92 Å². The number of phenols is 1. The third-order valence-corrected chi connectivity index (χ3v) is 3.87. The molecule has 106 valence electrons. The van der Waals surface area contributed by atoms with E-state index in [9.17, 15) is 5.11 Å². The standard InChI is InChI=1S/C16H25NO2/c1-16(2)9-15(12-6-5-7-14(18)8-12)13(11-19-16)10-17(3)4/h5-8,13,15,18H,9-11H2,1-4H3/t13-,15+/m1/s1. The largest absolute Gasteiger partial charge is 0.508 e. The third-order valence-electron chi connectivity index (χ3n) is 3.87. The smallest absolute Gasteiger partial charge is 0.115 e. The minimum Gasteiger partial charge on any atom is -0.508 e. The van der Waals surface area contributed by atoms with Gasteiger partial charge in [0.15, 0.2) is 0 Å². The molecule has 1 fully saturated rings. The summed E-state index contributed by atoms with van der Waals surface area (Å²) in [5.74, 6) is 1.27. The fourth-order valence-electron chi connectivity index (χ4n) is 3.00. The molecular weight excluding hydrogens is 238 g/mol. The average molecular weight is 263 g/mol. The van der Waals surface area contributed by atoms with Crippen LogP contribution in [0.2, 0.25) is 0 Å². The van der Waals surface area contributed by atoms with Gasteiger partial charge in [-0.3, -0.25) is 0 Å². The highest BCUT2D eigenvalue weighted by Crippen LogP contribution is 2.40. The van der Waals surface area contributed by atoms with E-state index in [1.165, 1.54) is 5.56 Å². The molecule has 0 aliphatic carbocycles. The van der Waals surface area contributed by atoms with Gasteiger partial charge in [0.25, 0.3) is 0 Å². The molecule has 0 unspecified atom stereocenters. The molecule has 3 heteroatoms. The molecule has 1 saturated heterocycles. The Balaban J connectivity index is 2.24. The van der Waals surface area contributed by atoms with Crippen LogP contribution in [0.5, 0.6) is 5.75 Å². The average Bonchev–Trinajstić information content (AvgIpc) is 2.31. The Morgan fingerprint density at radius 3 is 2.74 bits per heavy atom. The molecule has 3 nitrogen and oxygen atoms in total. The molecule has 19 heavy (non-hydrogen) atoms. The summed E-state index contributed by atoms with van der Waals surface area (Å²) in [6.45, 7) is 6.09. The molecule has 0 amide bonds. The molecule has 0 radical (unpaired) electrons. The number of phenolic OH excluding ortho intramolecular Hbond substituents is 1. The number of hydrogen-bond donors (Lipinski definition) is 1. The molecule has 1 aliphatic heterocycles. The second kappa shape index (κ2) is 5.51. The highest BCUT2D eigenvalue weighted by molar-refractivity contribution is 5.30. The highest BCUT2D eigenvalue weighted by atomic mass is 16.5. The second-order valence-electron chi connectivity index (χ2n) is 6.50. The van der Waals surface area contributed by atoms with Crippen LogP contribution >= 0.6 is 0 Å². The first kappa shape index (κ1) is 14.4. The first-order chi connectivity index (χ1) is 8.87. The summed E-state index contributed by atoms with van der Waals surface area (Å²) in [5, 5.41) is 9.70. The lowest BCUT2D eigenvalue weighted by Crippen LogP contribution is -2.42. The van der Waals surface area contributed by atoms with Crippen LogP contribution < -0.4 is 0 Å². The maximum absolute atomic E-state index is 9.70. The number of hydrogen-bond acceptors (Lipinski definition) is 3. The van der Waals surface area contributed by atoms with Gasteiger partial charge in [0.2, 0.25) is 0 Å². The first-order valence-electron chi connectivity index (χ1n) is 6.95. The maximum Gasteiger partial charge on any atom is 0.115 e. The number of benzene rings is 1. The van der Waals surface area contributed by atoms with Crippen molar-refractivity contribution >= 4 is 0 Å². The molecule has 1 aromatic carbocycles. The summed E-state index contributed by atoms with van der Waals surface area (Å²) < 4.78 is 5.97. The molecule has 2 rings (SSSR count). The highest BCUT2D eigenvalue weighted by Gasteiger charge is 2.36. The Morgan fingerprint density at radius 2 is 2.11 bits per heavy atom. The van der Waals surface area contributed by atoms with E-state index in [2.05, 4.69) is 38.9 Å². The van der Waals surface area contributed by atoms with Crippen molar-refractivity contribution in [3.8, 4) is 5.75 Å². The molecule has 0 saturated carbocycles. The number of rotatable bonds is 3. The zero-order valence-electron chi connectivity index (χ0n) is 12.4. The van der Waals surface area contributed by atoms with Gasteiger partial charge in [0, 0.05) is 12.5 Å². The van der Waals surface area contributed by atoms with Crippen molar-refractivity contribution in [3.05, 3.63) is 29.8 Å². The van der Waals surface area contributed by atoms with E-state index in [1.807, 2.05) is 12.1 Å². The van der Waals surface area contributed by atoms with E-state index in [-0.39, 0.29) is 5.60 Å². The Kier molecular flexibility index (Phi) is 4.16. The summed E-state index contributed by atoms with van der Waals surface area (Å²) in [6, 6.07) is 7.68. The van der Waals surface area contributed by atoms with Crippen LogP contribution in [0.4, 0.5) is 0 Å². The van der Waals surface area contributed by atoms with Crippen molar-refractivity contribution < 1.29 is 9.84 Å². The van der Waals surface area contributed by atoms with Crippen molar-refractivity contribution in [1.82, 2.24) is 4.90 Å². The molecule has 0 spiro atoms. The number of nitrogens with zero attached hydrogens (tertiary/aromatic N) is 1. The Bertz CT molecular complexity index is 429. The predicted molar refractivity (Wildman–Crippen MR) is 77.5 cm³/mol. The van der Waals surface area contributed by atoms with Gasteiger partial charge in [-0.25, -0.2) is 0 Å².